The summed E-state index contributed by atoms with van der Waals surface area (Å²) in [6, 6.07) is 0. The highest BCUT2D eigenvalue weighted by Gasteiger charge is 2.23. The highest BCUT2D eigenvalue weighted by molar-refractivity contribution is 5.97. The number of hydrogen-bond acceptors (Lipinski definition) is 6. The van der Waals surface area contributed by atoms with Crippen LogP contribution in [0.5, 0.6) is 0 Å². The Morgan fingerprint density at radius 2 is 2.17 bits per heavy atom. The van der Waals surface area contributed by atoms with Gasteiger partial charge in [-0.3, -0.25) is 19.2 Å². The van der Waals surface area contributed by atoms with Crippen molar-refractivity contribution in [1.29, 1.82) is 0 Å². The van der Waals surface area contributed by atoms with Crippen molar-refractivity contribution in [2.75, 3.05) is 16.8 Å². The molecule has 23 heavy (non-hydrogen) atoms. The van der Waals surface area contributed by atoms with E-state index in [1.807, 2.05) is 0 Å². The van der Waals surface area contributed by atoms with Gasteiger partial charge in [-0.1, -0.05) is 0 Å². The summed E-state index contributed by atoms with van der Waals surface area (Å²) in [6.07, 6.45) is 7.00. The van der Waals surface area contributed by atoms with Crippen molar-refractivity contribution in [1.82, 2.24) is 19.7 Å². The molecule has 1 fully saturated rings. The van der Waals surface area contributed by atoms with E-state index >= 15 is 0 Å². The zero-order chi connectivity index (χ0) is 16.4. The Bertz CT molecular complexity index is 755. The lowest BCUT2D eigenvalue weighted by molar-refractivity contribution is -0.119. The number of hydrogen-bond donors (Lipinski definition) is 2. The number of anilines is 3. The zero-order valence-corrected chi connectivity index (χ0v) is 12.7. The standard InChI is InChI=1S/C14H17N7O2/c1-20-8-9(6-17-20)18-14-12(13(15)23)16-7-10(19-14)21-5-3-2-4-11(21)22/h6-8H,2-5H2,1H3,(H2,15,23)(H,18,19). The minimum Gasteiger partial charge on any atom is -0.364 e. The van der Waals surface area contributed by atoms with Crippen molar-refractivity contribution in [3.8, 4) is 0 Å². The van der Waals surface area contributed by atoms with Crippen LogP contribution in [0, 0.1) is 0 Å². The number of nitrogens with zero attached hydrogens (tertiary/aromatic N) is 5. The highest BCUT2D eigenvalue weighted by Crippen LogP contribution is 2.23. The van der Waals surface area contributed by atoms with Gasteiger partial charge < -0.3 is 11.1 Å². The molecule has 0 saturated carbocycles. The first-order chi connectivity index (χ1) is 11.0. The van der Waals surface area contributed by atoms with Gasteiger partial charge in [0, 0.05) is 26.2 Å². The maximum Gasteiger partial charge on any atom is 0.271 e. The maximum atomic E-state index is 12.0. The molecule has 3 heterocycles. The van der Waals surface area contributed by atoms with Gasteiger partial charge in [0.05, 0.1) is 18.1 Å². The first-order valence-corrected chi connectivity index (χ1v) is 7.27. The molecule has 1 aliphatic rings. The topological polar surface area (TPSA) is 119 Å². The second-order valence-corrected chi connectivity index (χ2v) is 5.32. The van der Waals surface area contributed by atoms with E-state index in [-0.39, 0.29) is 17.4 Å². The van der Waals surface area contributed by atoms with Gasteiger partial charge in [-0.2, -0.15) is 5.10 Å². The summed E-state index contributed by atoms with van der Waals surface area (Å²) in [5.41, 5.74) is 6.01. The number of aromatic nitrogens is 4. The van der Waals surface area contributed by atoms with Crippen LogP contribution in [0.1, 0.15) is 29.8 Å². The number of amides is 2. The van der Waals surface area contributed by atoms with E-state index in [1.54, 1.807) is 29.0 Å². The van der Waals surface area contributed by atoms with E-state index in [0.717, 1.165) is 12.8 Å². The van der Waals surface area contributed by atoms with Crippen LogP contribution in [0.15, 0.2) is 18.6 Å². The van der Waals surface area contributed by atoms with Crippen molar-refractivity contribution in [3.63, 3.8) is 0 Å². The van der Waals surface area contributed by atoms with E-state index in [1.165, 1.54) is 6.20 Å². The molecule has 0 aromatic carbocycles. The molecule has 120 valence electrons. The third-order valence-corrected chi connectivity index (χ3v) is 3.56. The third-order valence-electron chi connectivity index (χ3n) is 3.56. The Morgan fingerprint density at radius 1 is 1.35 bits per heavy atom. The molecule has 0 radical (unpaired) electrons. The summed E-state index contributed by atoms with van der Waals surface area (Å²) in [7, 11) is 1.77. The van der Waals surface area contributed by atoms with Gasteiger partial charge >= 0.3 is 0 Å². The minimum absolute atomic E-state index is 0.00435. The van der Waals surface area contributed by atoms with Crippen LogP contribution in [-0.2, 0) is 11.8 Å². The molecule has 3 N–H and O–H groups in total. The van der Waals surface area contributed by atoms with Crippen LogP contribution in [0.25, 0.3) is 0 Å². The fourth-order valence-corrected chi connectivity index (χ4v) is 2.45. The number of rotatable bonds is 4. The molecule has 1 saturated heterocycles. The first-order valence-electron chi connectivity index (χ1n) is 7.27. The maximum absolute atomic E-state index is 12.0. The summed E-state index contributed by atoms with van der Waals surface area (Å²) in [5.74, 6) is -0.0717. The van der Waals surface area contributed by atoms with Crippen LogP contribution in [-0.4, -0.2) is 38.1 Å². The van der Waals surface area contributed by atoms with Gasteiger partial charge in [-0.25, -0.2) is 9.97 Å². The van der Waals surface area contributed by atoms with E-state index in [4.69, 9.17) is 5.73 Å². The van der Waals surface area contributed by atoms with Crippen LogP contribution >= 0.6 is 0 Å². The zero-order valence-electron chi connectivity index (χ0n) is 12.7. The Morgan fingerprint density at radius 3 is 2.83 bits per heavy atom. The molecule has 0 bridgehead atoms. The van der Waals surface area contributed by atoms with Crippen molar-refractivity contribution in [3.05, 3.63) is 24.3 Å². The number of carbonyl (C=O) groups is 2. The van der Waals surface area contributed by atoms with Crippen molar-refractivity contribution in [2.24, 2.45) is 12.8 Å². The molecule has 2 amide bonds. The predicted octanol–water partition coefficient (Wildman–Crippen LogP) is 0.569. The predicted molar refractivity (Wildman–Crippen MR) is 83.2 cm³/mol. The summed E-state index contributed by atoms with van der Waals surface area (Å²) < 4.78 is 1.61. The Balaban J connectivity index is 1.95. The monoisotopic (exact) mass is 315 g/mol. The normalized spacial score (nSPS) is 14.8. The molecule has 0 unspecified atom stereocenters. The SMILES string of the molecule is Cn1cc(Nc2nc(N3CCCCC3=O)cnc2C(N)=O)cn1. The molecule has 0 spiro atoms. The average molecular weight is 315 g/mol. The quantitative estimate of drug-likeness (QED) is 0.851. The summed E-state index contributed by atoms with van der Waals surface area (Å²) >= 11 is 0. The Hall–Kier alpha value is -2.97. The van der Waals surface area contributed by atoms with Crippen LogP contribution in [0.3, 0.4) is 0 Å². The second-order valence-electron chi connectivity index (χ2n) is 5.32. The number of carbonyl (C=O) groups excluding carboxylic acids is 2. The van der Waals surface area contributed by atoms with Gasteiger partial charge in [0.1, 0.15) is 0 Å². The van der Waals surface area contributed by atoms with Crippen molar-refractivity contribution >= 4 is 29.1 Å². The first kappa shape index (κ1) is 14.9. The Kier molecular flexibility index (Phi) is 3.92. The molecule has 0 aliphatic carbocycles. The van der Waals surface area contributed by atoms with Crippen molar-refractivity contribution < 1.29 is 9.59 Å². The fourth-order valence-electron chi connectivity index (χ4n) is 2.45. The van der Waals surface area contributed by atoms with Gasteiger partial charge in [-0.15, -0.1) is 0 Å². The number of piperidine rings is 1. The smallest absolute Gasteiger partial charge is 0.271 e. The molecule has 9 nitrogen and oxygen atoms in total. The van der Waals surface area contributed by atoms with Gasteiger partial charge in [0.25, 0.3) is 5.91 Å². The lowest BCUT2D eigenvalue weighted by atomic mass is 10.1. The summed E-state index contributed by atoms with van der Waals surface area (Å²) in [4.78, 5) is 33.6. The molecular formula is C14H17N7O2. The van der Waals surface area contributed by atoms with Crippen LogP contribution in [0.4, 0.5) is 17.3 Å². The van der Waals surface area contributed by atoms with Gasteiger partial charge in [0.15, 0.2) is 17.3 Å². The molecule has 0 atom stereocenters. The van der Waals surface area contributed by atoms with Gasteiger partial charge in [-0.05, 0) is 12.8 Å². The molecular weight excluding hydrogens is 298 g/mol. The largest absolute Gasteiger partial charge is 0.364 e. The van der Waals surface area contributed by atoms with Crippen LogP contribution in [0.2, 0.25) is 0 Å². The Labute approximate surface area is 132 Å². The third kappa shape index (κ3) is 3.12. The highest BCUT2D eigenvalue weighted by atomic mass is 16.2. The average Bonchev–Trinajstić information content (AvgIpc) is 2.92. The molecule has 3 rings (SSSR count). The molecule has 2 aromatic heterocycles. The number of aryl methyl sites for hydroxylation is 1. The summed E-state index contributed by atoms with van der Waals surface area (Å²) in [6.45, 7) is 0.593. The molecule has 1 aliphatic heterocycles. The van der Waals surface area contributed by atoms with E-state index in [9.17, 15) is 9.59 Å². The lowest BCUT2D eigenvalue weighted by Crippen LogP contribution is -2.36. The second kappa shape index (κ2) is 6.03. The van der Waals surface area contributed by atoms with E-state index in [2.05, 4.69) is 20.4 Å². The van der Waals surface area contributed by atoms with Crippen molar-refractivity contribution in [2.45, 2.75) is 19.3 Å². The fraction of sp³-hybridized carbons (Fsp3) is 0.357. The van der Waals surface area contributed by atoms with Gasteiger partial charge in [0.2, 0.25) is 5.91 Å². The lowest BCUT2D eigenvalue weighted by Gasteiger charge is -2.25. The summed E-state index contributed by atoms with van der Waals surface area (Å²) in [5, 5.41) is 7.01. The molecule has 9 heteroatoms. The number of primary amides is 1. The van der Waals surface area contributed by atoms with Crippen LogP contribution < -0.4 is 16.0 Å². The minimum atomic E-state index is -0.694. The molecule has 2 aromatic rings. The van der Waals surface area contributed by atoms with E-state index < -0.39 is 5.91 Å². The number of nitrogens with one attached hydrogen (secondary N) is 1. The van der Waals surface area contributed by atoms with E-state index in [0.29, 0.717) is 24.5 Å². The number of nitrogens with two attached hydrogens (primary N) is 1.